The summed E-state index contributed by atoms with van der Waals surface area (Å²) in [6, 6.07) is 2.00. The van der Waals surface area contributed by atoms with E-state index in [2.05, 4.69) is 27.0 Å². The Balaban J connectivity index is 1.58. The normalized spacial score (nSPS) is 16.3. The van der Waals surface area contributed by atoms with Crippen LogP contribution in [0.1, 0.15) is 30.2 Å². The van der Waals surface area contributed by atoms with Crippen LogP contribution in [0.4, 0.5) is 4.79 Å². The van der Waals surface area contributed by atoms with Gasteiger partial charge in [0, 0.05) is 37.6 Å². The van der Waals surface area contributed by atoms with E-state index in [1.54, 1.807) is 0 Å². The van der Waals surface area contributed by atoms with Crippen LogP contribution in [0.25, 0.3) is 0 Å². The van der Waals surface area contributed by atoms with Crippen molar-refractivity contribution < 1.29 is 9.90 Å². The van der Waals surface area contributed by atoms with E-state index in [0.29, 0.717) is 13.1 Å². The molecule has 0 saturated heterocycles. The molecule has 2 heterocycles. The number of nitrogens with zero attached hydrogens (tertiary/aromatic N) is 1. The Morgan fingerprint density at radius 1 is 1.52 bits per heavy atom. The average molecular weight is 311 g/mol. The lowest BCUT2D eigenvalue weighted by molar-refractivity contribution is 0.160. The van der Waals surface area contributed by atoms with E-state index in [1.165, 1.54) is 10.4 Å². The summed E-state index contributed by atoms with van der Waals surface area (Å²) in [6.07, 6.45) is 2.31. The van der Waals surface area contributed by atoms with Crippen LogP contribution >= 0.6 is 11.3 Å². The molecule has 1 aromatic heterocycles. The Hall–Kier alpha value is -1.11. The summed E-state index contributed by atoms with van der Waals surface area (Å²) in [5.74, 6) is 0. The molecule has 0 spiro atoms. The second-order valence-electron chi connectivity index (χ2n) is 5.47. The number of amides is 2. The number of thiophene rings is 1. The number of hydrogen-bond acceptors (Lipinski definition) is 4. The minimum absolute atomic E-state index is 0.196. The highest BCUT2D eigenvalue weighted by Crippen LogP contribution is 2.23. The molecule has 21 heavy (non-hydrogen) atoms. The molecule has 1 aromatic rings. The standard InChI is InChI=1S/C15H25N3O2S/c1-2-3-13(19)10-17-15(20)16-6-8-18-7-4-14-12(11-18)5-9-21-14/h5,9,13,19H,2-4,6-8,10-11H2,1H3,(H2,16,17,20). The summed E-state index contributed by atoms with van der Waals surface area (Å²) in [5.41, 5.74) is 1.43. The smallest absolute Gasteiger partial charge is 0.314 e. The number of rotatable bonds is 7. The molecular formula is C15H25N3O2S. The lowest BCUT2D eigenvalue weighted by Gasteiger charge is -2.26. The minimum Gasteiger partial charge on any atom is -0.391 e. The predicted molar refractivity (Wildman–Crippen MR) is 85.6 cm³/mol. The van der Waals surface area contributed by atoms with Crippen LogP contribution in [-0.2, 0) is 13.0 Å². The van der Waals surface area contributed by atoms with Crippen molar-refractivity contribution in [1.82, 2.24) is 15.5 Å². The predicted octanol–water partition coefficient (Wildman–Crippen LogP) is 1.57. The molecule has 118 valence electrons. The van der Waals surface area contributed by atoms with Gasteiger partial charge in [0.05, 0.1) is 6.10 Å². The van der Waals surface area contributed by atoms with Crippen LogP contribution in [0.2, 0.25) is 0 Å². The van der Waals surface area contributed by atoms with Crippen molar-refractivity contribution in [2.24, 2.45) is 0 Å². The fourth-order valence-electron chi connectivity index (χ4n) is 2.53. The van der Waals surface area contributed by atoms with E-state index in [0.717, 1.165) is 38.9 Å². The van der Waals surface area contributed by atoms with Crippen LogP contribution in [0.15, 0.2) is 11.4 Å². The van der Waals surface area contributed by atoms with Gasteiger partial charge in [0.1, 0.15) is 0 Å². The van der Waals surface area contributed by atoms with Gasteiger partial charge < -0.3 is 15.7 Å². The third-order valence-electron chi connectivity index (χ3n) is 3.72. The van der Waals surface area contributed by atoms with Gasteiger partial charge in [0.15, 0.2) is 0 Å². The van der Waals surface area contributed by atoms with Gasteiger partial charge in [-0.25, -0.2) is 4.79 Å². The van der Waals surface area contributed by atoms with Crippen LogP contribution in [0.3, 0.4) is 0 Å². The largest absolute Gasteiger partial charge is 0.391 e. The second-order valence-corrected chi connectivity index (χ2v) is 6.48. The Bertz CT molecular complexity index is 450. The zero-order chi connectivity index (χ0) is 15.1. The maximum atomic E-state index is 11.6. The lowest BCUT2D eigenvalue weighted by Crippen LogP contribution is -2.43. The monoisotopic (exact) mass is 311 g/mol. The molecular weight excluding hydrogens is 286 g/mol. The van der Waals surface area contributed by atoms with Crippen molar-refractivity contribution in [3.05, 3.63) is 21.9 Å². The first kappa shape index (κ1) is 16.3. The Morgan fingerprint density at radius 3 is 3.19 bits per heavy atom. The summed E-state index contributed by atoms with van der Waals surface area (Å²) in [4.78, 5) is 15.5. The van der Waals surface area contributed by atoms with Gasteiger partial charge in [-0.3, -0.25) is 4.90 Å². The molecule has 2 rings (SSSR count). The third kappa shape index (κ3) is 5.30. The van der Waals surface area contributed by atoms with Crippen LogP contribution in [0, 0.1) is 0 Å². The van der Waals surface area contributed by atoms with Crippen LogP contribution in [0.5, 0.6) is 0 Å². The summed E-state index contributed by atoms with van der Waals surface area (Å²) < 4.78 is 0. The second kappa shape index (κ2) is 8.36. The van der Waals surface area contributed by atoms with Gasteiger partial charge >= 0.3 is 6.03 Å². The van der Waals surface area contributed by atoms with Crippen LogP contribution in [-0.4, -0.2) is 48.3 Å². The summed E-state index contributed by atoms with van der Waals surface area (Å²) in [6.45, 7) is 5.88. The average Bonchev–Trinajstić information content (AvgIpc) is 2.93. The maximum Gasteiger partial charge on any atom is 0.314 e. The molecule has 1 aliphatic rings. The highest BCUT2D eigenvalue weighted by Gasteiger charge is 2.16. The van der Waals surface area contributed by atoms with Crippen molar-refractivity contribution in [2.75, 3.05) is 26.2 Å². The molecule has 0 saturated carbocycles. The summed E-state index contributed by atoms with van der Waals surface area (Å²) >= 11 is 1.84. The molecule has 0 aromatic carbocycles. The van der Waals surface area contributed by atoms with Crippen molar-refractivity contribution in [1.29, 1.82) is 0 Å². The summed E-state index contributed by atoms with van der Waals surface area (Å²) in [5, 5.41) is 17.2. The van der Waals surface area contributed by atoms with Crippen molar-refractivity contribution >= 4 is 17.4 Å². The molecule has 0 radical (unpaired) electrons. The van der Waals surface area contributed by atoms with Gasteiger partial charge in [-0.05, 0) is 29.9 Å². The number of urea groups is 1. The molecule has 1 atom stereocenters. The van der Waals surface area contributed by atoms with Crippen molar-refractivity contribution in [3.63, 3.8) is 0 Å². The first-order chi connectivity index (χ1) is 10.2. The van der Waals surface area contributed by atoms with E-state index in [9.17, 15) is 9.90 Å². The summed E-state index contributed by atoms with van der Waals surface area (Å²) in [7, 11) is 0. The molecule has 0 bridgehead atoms. The molecule has 3 N–H and O–H groups in total. The number of aliphatic hydroxyl groups excluding tert-OH is 1. The van der Waals surface area contributed by atoms with Gasteiger partial charge in [-0.2, -0.15) is 0 Å². The first-order valence-corrected chi connectivity index (χ1v) is 8.54. The van der Waals surface area contributed by atoms with Crippen molar-refractivity contribution in [2.45, 2.75) is 38.8 Å². The fraction of sp³-hybridized carbons (Fsp3) is 0.667. The van der Waals surface area contributed by atoms with Gasteiger partial charge in [0.25, 0.3) is 0 Å². The number of carbonyl (C=O) groups is 1. The molecule has 5 nitrogen and oxygen atoms in total. The van der Waals surface area contributed by atoms with E-state index in [-0.39, 0.29) is 6.03 Å². The molecule has 2 amide bonds. The zero-order valence-corrected chi connectivity index (χ0v) is 13.4. The SMILES string of the molecule is CCCC(O)CNC(=O)NCCN1CCc2sccc2C1. The van der Waals surface area contributed by atoms with E-state index in [1.807, 2.05) is 18.3 Å². The highest BCUT2D eigenvalue weighted by atomic mass is 32.1. The fourth-order valence-corrected chi connectivity index (χ4v) is 3.42. The molecule has 0 aliphatic carbocycles. The zero-order valence-electron chi connectivity index (χ0n) is 12.6. The van der Waals surface area contributed by atoms with Gasteiger partial charge in [-0.15, -0.1) is 11.3 Å². The molecule has 1 aliphatic heterocycles. The van der Waals surface area contributed by atoms with E-state index < -0.39 is 6.10 Å². The quantitative estimate of drug-likeness (QED) is 0.716. The Labute approximate surface area is 130 Å². The number of aliphatic hydroxyl groups is 1. The topological polar surface area (TPSA) is 64.6 Å². The third-order valence-corrected chi connectivity index (χ3v) is 4.74. The Morgan fingerprint density at radius 2 is 2.38 bits per heavy atom. The number of nitrogens with one attached hydrogen (secondary N) is 2. The molecule has 6 heteroatoms. The van der Waals surface area contributed by atoms with Gasteiger partial charge in [0.2, 0.25) is 0 Å². The first-order valence-electron chi connectivity index (χ1n) is 7.66. The highest BCUT2D eigenvalue weighted by molar-refractivity contribution is 7.10. The molecule has 0 fully saturated rings. The van der Waals surface area contributed by atoms with E-state index >= 15 is 0 Å². The number of fused-ring (bicyclic) bond motifs is 1. The minimum atomic E-state index is -0.445. The van der Waals surface area contributed by atoms with E-state index in [4.69, 9.17) is 0 Å². The lowest BCUT2D eigenvalue weighted by atomic mass is 10.1. The van der Waals surface area contributed by atoms with Gasteiger partial charge in [-0.1, -0.05) is 13.3 Å². The molecule has 1 unspecified atom stereocenters. The maximum absolute atomic E-state index is 11.6. The number of hydrogen-bond donors (Lipinski definition) is 3. The van der Waals surface area contributed by atoms with Crippen LogP contribution < -0.4 is 10.6 Å². The Kier molecular flexibility index (Phi) is 6.48. The number of carbonyl (C=O) groups excluding carboxylic acids is 1. The van der Waals surface area contributed by atoms with Crippen molar-refractivity contribution in [3.8, 4) is 0 Å².